The van der Waals surface area contributed by atoms with Gasteiger partial charge in [-0.3, -0.25) is 14.4 Å². The van der Waals surface area contributed by atoms with Gasteiger partial charge in [0, 0.05) is 19.3 Å². The van der Waals surface area contributed by atoms with Crippen molar-refractivity contribution in [2.45, 2.75) is 291 Å². The van der Waals surface area contributed by atoms with E-state index in [1.165, 1.54) is 173 Å². The normalized spacial score (nSPS) is 11.9. The standard InChI is InChI=1S/C51H98O6/c1-5-7-9-11-12-13-14-15-16-19-22-25-28-31-35-38-42-49(52)55-45-48(57-51(54)44-40-33-10-8-6-2)46-56-50(53)43-39-36-32-29-26-23-20-17-18-21-24-27-30-34-37-41-47(3)4/h47-48H,5-46H2,1-4H3/t48-/m0/s1. The molecule has 0 aromatic rings. The zero-order chi connectivity index (χ0) is 41.7. The van der Waals surface area contributed by atoms with Gasteiger partial charge < -0.3 is 14.2 Å². The van der Waals surface area contributed by atoms with Crippen molar-refractivity contribution >= 4 is 17.9 Å². The van der Waals surface area contributed by atoms with Crippen molar-refractivity contribution in [1.29, 1.82) is 0 Å². The van der Waals surface area contributed by atoms with E-state index in [2.05, 4.69) is 27.7 Å². The fourth-order valence-corrected chi connectivity index (χ4v) is 7.69. The smallest absolute Gasteiger partial charge is 0.306 e. The topological polar surface area (TPSA) is 78.9 Å². The number of carbonyl (C=O) groups excluding carboxylic acids is 3. The van der Waals surface area contributed by atoms with Crippen LogP contribution in [-0.2, 0) is 28.6 Å². The summed E-state index contributed by atoms with van der Waals surface area (Å²) >= 11 is 0. The van der Waals surface area contributed by atoms with Gasteiger partial charge in [-0.25, -0.2) is 0 Å². The molecule has 0 fully saturated rings. The molecule has 0 bridgehead atoms. The van der Waals surface area contributed by atoms with Crippen LogP contribution in [-0.4, -0.2) is 37.2 Å². The molecule has 0 aliphatic rings. The molecule has 0 N–H and O–H groups in total. The summed E-state index contributed by atoms with van der Waals surface area (Å²) in [6, 6.07) is 0. The average Bonchev–Trinajstić information content (AvgIpc) is 3.19. The van der Waals surface area contributed by atoms with E-state index in [-0.39, 0.29) is 31.1 Å². The van der Waals surface area contributed by atoms with Gasteiger partial charge in [-0.15, -0.1) is 0 Å². The highest BCUT2D eigenvalue weighted by molar-refractivity contribution is 5.71. The summed E-state index contributed by atoms with van der Waals surface area (Å²) in [5.74, 6) is -0.0117. The Morgan fingerprint density at radius 1 is 0.333 bits per heavy atom. The van der Waals surface area contributed by atoms with Gasteiger partial charge in [-0.1, -0.05) is 246 Å². The van der Waals surface area contributed by atoms with Crippen molar-refractivity contribution < 1.29 is 28.6 Å². The highest BCUT2D eigenvalue weighted by Gasteiger charge is 2.19. The largest absolute Gasteiger partial charge is 0.462 e. The molecule has 0 spiro atoms. The molecular formula is C51H98O6. The van der Waals surface area contributed by atoms with E-state index in [1.807, 2.05) is 0 Å². The predicted octanol–water partition coefficient (Wildman–Crippen LogP) is 16.3. The summed E-state index contributed by atoms with van der Waals surface area (Å²) in [7, 11) is 0. The van der Waals surface area contributed by atoms with Crippen LogP contribution >= 0.6 is 0 Å². The van der Waals surface area contributed by atoms with Gasteiger partial charge in [0.05, 0.1) is 0 Å². The minimum absolute atomic E-state index is 0.0644. The van der Waals surface area contributed by atoms with Crippen molar-refractivity contribution in [3.05, 3.63) is 0 Å². The average molecular weight is 807 g/mol. The van der Waals surface area contributed by atoms with Crippen LogP contribution in [0.5, 0.6) is 0 Å². The third kappa shape index (κ3) is 45.3. The maximum atomic E-state index is 12.6. The first-order valence-corrected chi connectivity index (χ1v) is 25.4. The number of hydrogen-bond donors (Lipinski definition) is 0. The fraction of sp³-hybridized carbons (Fsp3) is 0.941. The van der Waals surface area contributed by atoms with Crippen molar-refractivity contribution in [3.8, 4) is 0 Å². The second kappa shape index (κ2) is 45.5. The Labute approximate surface area is 355 Å². The van der Waals surface area contributed by atoms with Crippen LogP contribution in [0, 0.1) is 5.92 Å². The number of unbranched alkanes of at least 4 members (excludes halogenated alkanes) is 33. The molecule has 0 radical (unpaired) electrons. The Hall–Kier alpha value is -1.59. The summed E-state index contributed by atoms with van der Waals surface area (Å²) in [6.45, 7) is 8.96. The molecule has 0 unspecified atom stereocenters. The van der Waals surface area contributed by atoms with Crippen LogP contribution in [0.4, 0.5) is 0 Å². The van der Waals surface area contributed by atoms with Crippen molar-refractivity contribution in [3.63, 3.8) is 0 Å². The highest BCUT2D eigenvalue weighted by atomic mass is 16.6. The van der Waals surface area contributed by atoms with E-state index in [1.54, 1.807) is 0 Å². The fourth-order valence-electron chi connectivity index (χ4n) is 7.69. The van der Waals surface area contributed by atoms with Crippen LogP contribution in [0.1, 0.15) is 285 Å². The molecule has 6 heteroatoms. The van der Waals surface area contributed by atoms with E-state index in [4.69, 9.17) is 14.2 Å². The van der Waals surface area contributed by atoms with E-state index >= 15 is 0 Å². The minimum Gasteiger partial charge on any atom is -0.462 e. The molecule has 0 aromatic carbocycles. The Morgan fingerprint density at radius 2 is 0.579 bits per heavy atom. The number of carbonyl (C=O) groups is 3. The number of rotatable bonds is 46. The van der Waals surface area contributed by atoms with Crippen molar-refractivity contribution in [2.24, 2.45) is 5.92 Å². The molecule has 0 aliphatic heterocycles. The number of esters is 3. The van der Waals surface area contributed by atoms with E-state index < -0.39 is 6.10 Å². The van der Waals surface area contributed by atoms with Gasteiger partial charge in [0.1, 0.15) is 13.2 Å². The quantitative estimate of drug-likeness (QED) is 0.0346. The maximum absolute atomic E-state index is 12.6. The van der Waals surface area contributed by atoms with Crippen LogP contribution in [0.25, 0.3) is 0 Å². The number of ether oxygens (including phenoxy) is 3. The molecular weight excluding hydrogens is 709 g/mol. The monoisotopic (exact) mass is 807 g/mol. The number of hydrogen-bond acceptors (Lipinski definition) is 6. The second-order valence-corrected chi connectivity index (χ2v) is 17.9. The first kappa shape index (κ1) is 55.4. The summed E-state index contributed by atoms with van der Waals surface area (Å²) in [5, 5.41) is 0. The molecule has 0 aliphatic carbocycles. The van der Waals surface area contributed by atoms with E-state index in [9.17, 15) is 14.4 Å². The van der Waals surface area contributed by atoms with Gasteiger partial charge >= 0.3 is 17.9 Å². The van der Waals surface area contributed by atoms with Gasteiger partial charge in [0.15, 0.2) is 6.10 Å². The minimum atomic E-state index is -0.758. The molecule has 0 rings (SSSR count). The molecule has 6 nitrogen and oxygen atoms in total. The van der Waals surface area contributed by atoms with Gasteiger partial charge in [-0.05, 0) is 25.2 Å². The highest BCUT2D eigenvalue weighted by Crippen LogP contribution is 2.17. The summed E-state index contributed by atoms with van der Waals surface area (Å²) in [4.78, 5) is 37.6. The van der Waals surface area contributed by atoms with Crippen molar-refractivity contribution in [1.82, 2.24) is 0 Å². The molecule has 0 saturated carbocycles. The first-order valence-electron chi connectivity index (χ1n) is 25.4. The lowest BCUT2D eigenvalue weighted by Crippen LogP contribution is -2.30. The summed E-state index contributed by atoms with van der Waals surface area (Å²) in [6.07, 6.45) is 47.0. The van der Waals surface area contributed by atoms with Crippen LogP contribution in [0.15, 0.2) is 0 Å². The van der Waals surface area contributed by atoms with E-state index in [0.29, 0.717) is 19.3 Å². The predicted molar refractivity (Wildman–Crippen MR) is 243 cm³/mol. The molecule has 338 valence electrons. The zero-order valence-corrected chi connectivity index (χ0v) is 38.8. The lowest BCUT2D eigenvalue weighted by molar-refractivity contribution is -0.167. The molecule has 1 atom stereocenters. The van der Waals surface area contributed by atoms with Crippen LogP contribution < -0.4 is 0 Å². The lowest BCUT2D eigenvalue weighted by atomic mass is 10.0. The molecule has 0 heterocycles. The second-order valence-electron chi connectivity index (χ2n) is 17.9. The summed E-state index contributed by atoms with van der Waals surface area (Å²) in [5.41, 5.74) is 0. The Bertz CT molecular complexity index is 857. The molecule has 0 aromatic heterocycles. The Kier molecular flexibility index (Phi) is 44.2. The SMILES string of the molecule is CCCCCCCCCCCCCCCCCCC(=O)OC[C@@H](COC(=O)CCCCCCCCCCCCCCCCCC(C)C)OC(=O)CCCCCCC. The van der Waals surface area contributed by atoms with E-state index in [0.717, 1.165) is 70.1 Å². The van der Waals surface area contributed by atoms with Crippen molar-refractivity contribution in [2.75, 3.05) is 13.2 Å². The third-order valence-corrected chi connectivity index (χ3v) is 11.5. The van der Waals surface area contributed by atoms with Crippen LogP contribution in [0.3, 0.4) is 0 Å². The van der Waals surface area contributed by atoms with Gasteiger partial charge in [0.2, 0.25) is 0 Å². The maximum Gasteiger partial charge on any atom is 0.306 e. The summed E-state index contributed by atoms with van der Waals surface area (Å²) < 4.78 is 16.7. The van der Waals surface area contributed by atoms with Crippen LogP contribution in [0.2, 0.25) is 0 Å². The zero-order valence-electron chi connectivity index (χ0n) is 38.8. The molecule has 57 heavy (non-hydrogen) atoms. The molecule has 0 saturated heterocycles. The Morgan fingerprint density at radius 3 is 0.860 bits per heavy atom. The first-order chi connectivity index (χ1) is 27.9. The third-order valence-electron chi connectivity index (χ3n) is 11.5. The Balaban J connectivity index is 4.06. The van der Waals surface area contributed by atoms with Gasteiger partial charge in [-0.2, -0.15) is 0 Å². The molecule has 0 amide bonds. The van der Waals surface area contributed by atoms with Gasteiger partial charge in [0.25, 0.3) is 0 Å². The lowest BCUT2D eigenvalue weighted by Gasteiger charge is -2.18.